The zero-order valence-corrected chi connectivity index (χ0v) is 11.3. The summed E-state index contributed by atoms with van der Waals surface area (Å²) in [5.74, 6) is -0.775. The molecule has 3 N–H and O–H groups in total. The highest BCUT2D eigenvalue weighted by Crippen LogP contribution is 2.11. The lowest BCUT2D eigenvalue weighted by Gasteiger charge is -2.37. The third-order valence-corrected chi connectivity index (χ3v) is 3.18. The average Bonchev–Trinajstić information content (AvgIpc) is 2.26. The molecule has 0 spiro atoms. The second kappa shape index (κ2) is 5.67. The fourth-order valence-corrected chi connectivity index (χ4v) is 2.02. The van der Waals surface area contributed by atoms with Crippen LogP contribution in [0.15, 0.2) is 0 Å². The van der Waals surface area contributed by atoms with Gasteiger partial charge in [0.05, 0.1) is 0 Å². The minimum atomic E-state index is -0.821. The second-order valence-electron chi connectivity index (χ2n) is 5.60. The van der Waals surface area contributed by atoms with Gasteiger partial charge in [-0.25, -0.2) is 0 Å². The van der Waals surface area contributed by atoms with Gasteiger partial charge in [-0.2, -0.15) is 0 Å². The van der Waals surface area contributed by atoms with Crippen LogP contribution in [0, 0.1) is 0 Å². The fraction of sp³-hybridized carbons (Fsp3) is 0.833. The van der Waals surface area contributed by atoms with Gasteiger partial charge >= 0.3 is 5.97 Å². The highest BCUT2D eigenvalue weighted by Gasteiger charge is 2.28. The minimum Gasteiger partial charge on any atom is -0.480 e. The van der Waals surface area contributed by atoms with Crippen LogP contribution in [0.25, 0.3) is 0 Å². The number of aliphatic carboxylic acids is 1. The largest absolute Gasteiger partial charge is 0.480 e. The lowest BCUT2D eigenvalue weighted by atomic mass is 10.0. The Hall–Kier alpha value is -1.14. The number of nitrogens with zero attached hydrogens (tertiary/aromatic N) is 2. The summed E-state index contributed by atoms with van der Waals surface area (Å²) < 4.78 is 0. The molecule has 0 radical (unpaired) electrons. The first-order valence-corrected chi connectivity index (χ1v) is 6.24. The summed E-state index contributed by atoms with van der Waals surface area (Å²) in [5, 5.41) is 8.92. The summed E-state index contributed by atoms with van der Waals surface area (Å²) >= 11 is 0. The Balaban J connectivity index is 2.44. The van der Waals surface area contributed by atoms with Crippen molar-refractivity contribution in [3.8, 4) is 0 Å². The van der Waals surface area contributed by atoms with E-state index in [0.717, 1.165) is 0 Å². The van der Waals surface area contributed by atoms with E-state index < -0.39 is 17.6 Å². The van der Waals surface area contributed by atoms with Gasteiger partial charge in [0, 0.05) is 38.1 Å². The van der Waals surface area contributed by atoms with Crippen LogP contribution < -0.4 is 5.73 Å². The third kappa shape index (κ3) is 4.27. The molecule has 0 saturated carbocycles. The molecule has 0 bridgehead atoms. The number of hydrogen-bond donors (Lipinski definition) is 2. The molecule has 1 aliphatic heterocycles. The lowest BCUT2D eigenvalue weighted by Crippen LogP contribution is -2.54. The average molecular weight is 257 g/mol. The summed E-state index contributed by atoms with van der Waals surface area (Å²) in [4.78, 5) is 26.4. The van der Waals surface area contributed by atoms with Gasteiger partial charge in [-0.3, -0.25) is 14.5 Å². The van der Waals surface area contributed by atoms with Crippen molar-refractivity contribution in [2.45, 2.75) is 38.8 Å². The van der Waals surface area contributed by atoms with E-state index in [4.69, 9.17) is 10.8 Å². The molecule has 0 aromatic heterocycles. The number of amides is 1. The summed E-state index contributed by atoms with van der Waals surface area (Å²) in [6, 6.07) is -0.492. The molecule has 6 nitrogen and oxygen atoms in total. The Kier molecular flexibility index (Phi) is 4.70. The van der Waals surface area contributed by atoms with Crippen LogP contribution in [0.3, 0.4) is 0 Å². The number of carboxylic acids is 1. The topological polar surface area (TPSA) is 86.9 Å². The van der Waals surface area contributed by atoms with Crippen LogP contribution in [0.4, 0.5) is 0 Å². The normalized spacial score (nSPS) is 19.7. The summed E-state index contributed by atoms with van der Waals surface area (Å²) in [7, 11) is 0. The predicted molar refractivity (Wildman–Crippen MR) is 68.1 cm³/mol. The number of hydrogen-bond acceptors (Lipinski definition) is 4. The smallest absolute Gasteiger partial charge is 0.320 e. The second-order valence-corrected chi connectivity index (χ2v) is 5.60. The molecule has 0 aromatic carbocycles. The van der Waals surface area contributed by atoms with E-state index in [9.17, 15) is 9.59 Å². The molecule has 104 valence electrons. The molecule has 6 heteroatoms. The molecule has 1 rings (SSSR count). The van der Waals surface area contributed by atoms with E-state index in [1.165, 1.54) is 0 Å². The van der Waals surface area contributed by atoms with E-state index in [0.29, 0.717) is 32.6 Å². The fourth-order valence-electron chi connectivity index (χ4n) is 2.02. The first kappa shape index (κ1) is 14.9. The molecule has 1 fully saturated rings. The number of carboxylic acid groups (broad SMARTS) is 1. The maximum atomic E-state index is 11.9. The SMILES string of the molecule is CC(C(=O)O)N1CCN(C(=O)CC(C)(C)N)CC1. The van der Waals surface area contributed by atoms with Gasteiger partial charge in [-0.05, 0) is 20.8 Å². The number of nitrogens with two attached hydrogens (primary N) is 1. The molecule has 1 heterocycles. The van der Waals surface area contributed by atoms with Crippen LogP contribution in [-0.4, -0.2) is 64.5 Å². The molecular formula is C12H23N3O3. The quantitative estimate of drug-likeness (QED) is 0.724. The molecule has 1 saturated heterocycles. The third-order valence-electron chi connectivity index (χ3n) is 3.18. The summed E-state index contributed by atoms with van der Waals surface area (Å²) in [6.07, 6.45) is 0.321. The van der Waals surface area contributed by atoms with Gasteiger partial charge in [0.25, 0.3) is 0 Å². The number of rotatable bonds is 4. The summed E-state index contributed by atoms with van der Waals surface area (Å²) in [5.41, 5.74) is 5.33. The number of carbonyl (C=O) groups is 2. The highest BCUT2D eigenvalue weighted by atomic mass is 16.4. The maximum Gasteiger partial charge on any atom is 0.320 e. The van der Waals surface area contributed by atoms with Crippen LogP contribution in [-0.2, 0) is 9.59 Å². The van der Waals surface area contributed by atoms with E-state index in [1.807, 2.05) is 18.7 Å². The number of piperazine rings is 1. The van der Waals surface area contributed by atoms with Gasteiger partial charge in [-0.15, -0.1) is 0 Å². The molecule has 1 amide bonds. The van der Waals surface area contributed by atoms with E-state index in [-0.39, 0.29) is 5.91 Å². The molecule has 18 heavy (non-hydrogen) atoms. The predicted octanol–water partition coefficient (Wildman–Crippen LogP) is -0.269. The molecule has 0 aliphatic carbocycles. The van der Waals surface area contributed by atoms with Gasteiger partial charge in [-0.1, -0.05) is 0 Å². The van der Waals surface area contributed by atoms with Crippen molar-refractivity contribution in [2.24, 2.45) is 5.73 Å². The Morgan fingerprint density at radius 2 is 1.78 bits per heavy atom. The zero-order chi connectivity index (χ0) is 13.9. The maximum absolute atomic E-state index is 11.9. The minimum absolute atomic E-state index is 0.0464. The van der Waals surface area contributed by atoms with Crippen LogP contribution >= 0.6 is 0 Å². The first-order chi connectivity index (χ1) is 8.20. The van der Waals surface area contributed by atoms with Gasteiger partial charge in [0.2, 0.25) is 5.91 Å². The Labute approximate surface area is 108 Å². The molecule has 1 aliphatic rings. The van der Waals surface area contributed by atoms with Crippen molar-refractivity contribution in [3.05, 3.63) is 0 Å². The summed E-state index contributed by atoms with van der Waals surface area (Å²) in [6.45, 7) is 7.68. The van der Waals surface area contributed by atoms with Gasteiger partial charge in [0.15, 0.2) is 0 Å². The molecular weight excluding hydrogens is 234 g/mol. The molecule has 0 aromatic rings. The molecule has 1 atom stereocenters. The van der Waals surface area contributed by atoms with Crippen LogP contribution in [0.5, 0.6) is 0 Å². The van der Waals surface area contributed by atoms with Gasteiger partial charge < -0.3 is 15.7 Å². The standard InChI is InChI=1S/C12H23N3O3/c1-9(11(17)18)14-4-6-15(7-5-14)10(16)8-12(2,3)13/h9H,4-8,13H2,1-3H3,(H,17,18). The highest BCUT2D eigenvalue weighted by molar-refractivity contribution is 5.77. The van der Waals surface area contributed by atoms with E-state index in [2.05, 4.69) is 0 Å². The van der Waals surface area contributed by atoms with Crippen molar-refractivity contribution in [1.82, 2.24) is 9.80 Å². The van der Waals surface area contributed by atoms with Gasteiger partial charge in [0.1, 0.15) is 6.04 Å². The van der Waals surface area contributed by atoms with Crippen LogP contribution in [0.2, 0.25) is 0 Å². The Bertz CT molecular complexity index is 317. The van der Waals surface area contributed by atoms with Crippen molar-refractivity contribution in [3.63, 3.8) is 0 Å². The monoisotopic (exact) mass is 257 g/mol. The first-order valence-electron chi connectivity index (χ1n) is 6.24. The van der Waals surface area contributed by atoms with Crippen molar-refractivity contribution >= 4 is 11.9 Å². The Morgan fingerprint density at radius 3 is 2.17 bits per heavy atom. The van der Waals surface area contributed by atoms with Crippen molar-refractivity contribution in [2.75, 3.05) is 26.2 Å². The zero-order valence-electron chi connectivity index (χ0n) is 11.3. The molecule has 1 unspecified atom stereocenters. The Morgan fingerprint density at radius 1 is 1.28 bits per heavy atom. The van der Waals surface area contributed by atoms with Crippen LogP contribution in [0.1, 0.15) is 27.2 Å². The lowest BCUT2D eigenvalue weighted by molar-refractivity contribution is -0.144. The van der Waals surface area contributed by atoms with E-state index in [1.54, 1.807) is 11.8 Å². The van der Waals surface area contributed by atoms with Crippen molar-refractivity contribution in [1.29, 1.82) is 0 Å². The van der Waals surface area contributed by atoms with E-state index >= 15 is 0 Å². The van der Waals surface area contributed by atoms with Crippen molar-refractivity contribution < 1.29 is 14.7 Å². The number of carbonyl (C=O) groups excluding carboxylic acids is 1.